The molecule has 2 aromatic carbocycles. The number of hydrogen-bond donors (Lipinski definition) is 2. The number of amides is 1. The molecule has 2 aromatic rings. The number of carbonyl (C=O) groups excluding carboxylic acids is 1. The minimum absolute atomic E-state index is 0.152. The first-order chi connectivity index (χ1) is 10.0. The van der Waals surface area contributed by atoms with Crippen LogP contribution < -0.4 is 15.8 Å². The van der Waals surface area contributed by atoms with E-state index in [1.54, 1.807) is 25.3 Å². The maximum absolute atomic E-state index is 12.2. The van der Waals surface area contributed by atoms with Crippen LogP contribution in [-0.2, 0) is 0 Å². The molecule has 3 N–H and O–H groups in total. The molecule has 0 saturated heterocycles. The average Bonchev–Trinajstić information content (AvgIpc) is 2.50. The lowest BCUT2D eigenvalue weighted by Crippen LogP contribution is -2.27. The highest BCUT2D eigenvalue weighted by Crippen LogP contribution is 2.24. The summed E-state index contributed by atoms with van der Waals surface area (Å²) in [5, 5.41) is 3.17. The van der Waals surface area contributed by atoms with Gasteiger partial charge in [0, 0.05) is 0 Å². The van der Waals surface area contributed by atoms with E-state index in [0.29, 0.717) is 11.3 Å². The molecule has 0 heterocycles. The first-order valence-electron chi connectivity index (χ1n) is 6.51. The van der Waals surface area contributed by atoms with E-state index in [9.17, 15) is 4.79 Å². The predicted octanol–water partition coefficient (Wildman–Crippen LogP) is 3.42. The van der Waals surface area contributed by atoms with Crippen molar-refractivity contribution < 1.29 is 9.53 Å². The summed E-state index contributed by atoms with van der Waals surface area (Å²) in [6.07, 6.45) is 0. The minimum Gasteiger partial charge on any atom is -0.497 e. The lowest BCUT2D eigenvalue weighted by atomic mass is 10.1. The fourth-order valence-corrected chi connectivity index (χ4v) is 2.19. The van der Waals surface area contributed by atoms with Crippen molar-refractivity contribution in [2.75, 3.05) is 12.8 Å². The number of halogens is 1. The van der Waals surface area contributed by atoms with Gasteiger partial charge < -0.3 is 15.8 Å². The van der Waals surface area contributed by atoms with Crippen LogP contribution in [0, 0.1) is 0 Å². The largest absolute Gasteiger partial charge is 0.497 e. The van der Waals surface area contributed by atoms with Crippen LogP contribution in [0.2, 0.25) is 5.02 Å². The number of anilines is 1. The summed E-state index contributed by atoms with van der Waals surface area (Å²) >= 11 is 6.05. The van der Waals surface area contributed by atoms with Gasteiger partial charge in [0.25, 0.3) is 5.91 Å². The Balaban J connectivity index is 2.12. The molecule has 21 heavy (non-hydrogen) atoms. The van der Waals surface area contributed by atoms with Gasteiger partial charge in [-0.2, -0.15) is 0 Å². The second-order valence-corrected chi connectivity index (χ2v) is 5.06. The molecule has 0 aliphatic heterocycles. The molecule has 0 spiro atoms. The standard InChI is InChI=1S/C16H17ClN2O2/c1-10(11-6-8-12(21-2)9-7-11)19-16(20)13-4-3-5-14(18)15(13)17/h3-10H,18H2,1-2H3,(H,19,20). The lowest BCUT2D eigenvalue weighted by Gasteiger charge is -2.15. The van der Waals surface area contributed by atoms with E-state index in [1.165, 1.54) is 0 Å². The van der Waals surface area contributed by atoms with Crippen molar-refractivity contribution in [1.82, 2.24) is 5.32 Å². The summed E-state index contributed by atoms with van der Waals surface area (Å²) < 4.78 is 5.11. The molecule has 0 radical (unpaired) electrons. The van der Waals surface area contributed by atoms with Crippen molar-refractivity contribution in [2.24, 2.45) is 0 Å². The van der Waals surface area contributed by atoms with Gasteiger partial charge in [0.1, 0.15) is 5.75 Å². The third kappa shape index (κ3) is 3.47. The molecule has 0 saturated carbocycles. The summed E-state index contributed by atoms with van der Waals surface area (Å²) in [7, 11) is 1.61. The minimum atomic E-state index is -0.254. The third-order valence-electron chi connectivity index (χ3n) is 3.24. The molecule has 2 rings (SSSR count). The summed E-state index contributed by atoms with van der Waals surface area (Å²) in [5.41, 5.74) is 7.45. The fraction of sp³-hybridized carbons (Fsp3) is 0.188. The van der Waals surface area contributed by atoms with Crippen molar-refractivity contribution in [3.8, 4) is 5.75 Å². The molecule has 0 aliphatic carbocycles. The molecular formula is C16H17ClN2O2. The van der Waals surface area contributed by atoms with Crippen molar-refractivity contribution in [2.45, 2.75) is 13.0 Å². The van der Waals surface area contributed by atoms with Gasteiger partial charge in [0.2, 0.25) is 0 Å². The lowest BCUT2D eigenvalue weighted by molar-refractivity contribution is 0.0940. The van der Waals surface area contributed by atoms with Crippen molar-refractivity contribution >= 4 is 23.2 Å². The molecule has 0 bridgehead atoms. The molecule has 1 unspecified atom stereocenters. The number of rotatable bonds is 4. The van der Waals surface area contributed by atoms with E-state index >= 15 is 0 Å². The number of nitrogen functional groups attached to an aromatic ring is 1. The van der Waals surface area contributed by atoms with Crippen LogP contribution in [0.25, 0.3) is 0 Å². The quantitative estimate of drug-likeness (QED) is 0.851. The van der Waals surface area contributed by atoms with E-state index in [2.05, 4.69) is 5.32 Å². The van der Waals surface area contributed by atoms with Gasteiger partial charge in [-0.05, 0) is 36.8 Å². The van der Waals surface area contributed by atoms with Crippen molar-refractivity contribution in [1.29, 1.82) is 0 Å². The zero-order chi connectivity index (χ0) is 15.4. The zero-order valence-corrected chi connectivity index (χ0v) is 12.6. The number of methoxy groups -OCH3 is 1. The Bertz CT molecular complexity index is 641. The van der Waals surface area contributed by atoms with Gasteiger partial charge >= 0.3 is 0 Å². The van der Waals surface area contributed by atoms with E-state index in [0.717, 1.165) is 11.3 Å². The van der Waals surface area contributed by atoms with Crippen LogP contribution in [-0.4, -0.2) is 13.0 Å². The molecular weight excluding hydrogens is 288 g/mol. The monoisotopic (exact) mass is 304 g/mol. The van der Waals surface area contributed by atoms with Gasteiger partial charge in [0.15, 0.2) is 0 Å². The number of benzene rings is 2. The van der Waals surface area contributed by atoms with Crippen LogP contribution in [0.4, 0.5) is 5.69 Å². The molecule has 4 nitrogen and oxygen atoms in total. The number of nitrogens with one attached hydrogen (secondary N) is 1. The normalized spacial score (nSPS) is 11.8. The summed E-state index contributed by atoms with van der Waals surface area (Å²) in [6, 6.07) is 12.4. The summed E-state index contributed by atoms with van der Waals surface area (Å²) in [4.78, 5) is 12.2. The number of ether oxygens (including phenoxy) is 1. The van der Waals surface area contributed by atoms with Gasteiger partial charge in [-0.25, -0.2) is 0 Å². The van der Waals surface area contributed by atoms with E-state index in [4.69, 9.17) is 22.1 Å². The smallest absolute Gasteiger partial charge is 0.253 e. The zero-order valence-electron chi connectivity index (χ0n) is 11.9. The van der Waals surface area contributed by atoms with E-state index in [-0.39, 0.29) is 17.0 Å². The SMILES string of the molecule is COc1ccc(C(C)NC(=O)c2cccc(N)c2Cl)cc1. The van der Waals surface area contributed by atoms with Crippen LogP contribution in [0.15, 0.2) is 42.5 Å². The third-order valence-corrected chi connectivity index (χ3v) is 3.66. The molecule has 5 heteroatoms. The maximum Gasteiger partial charge on any atom is 0.253 e. The highest BCUT2D eigenvalue weighted by atomic mass is 35.5. The first-order valence-corrected chi connectivity index (χ1v) is 6.89. The molecule has 0 fully saturated rings. The second kappa shape index (κ2) is 6.50. The number of nitrogens with two attached hydrogens (primary N) is 1. The average molecular weight is 305 g/mol. The maximum atomic E-state index is 12.2. The predicted molar refractivity (Wildman–Crippen MR) is 84.7 cm³/mol. The van der Waals surface area contributed by atoms with Crippen molar-refractivity contribution in [3.05, 3.63) is 58.6 Å². The first kappa shape index (κ1) is 15.2. The highest BCUT2D eigenvalue weighted by molar-refractivity contribution is 6.36. The van der Waals surface area contributed by atoms with Crippen LogP contribution in [0.3, 0.4) is 0 Å². The highest BCUT2D eigenvalue weighted by Gasteiger charge is 2.15. The van der Waals surface area contributed by atoms with Gasteiger partial charge in [-0.1, -0.05) is 29.8 Å². The Kier molecular flexibility index (Phi) is 4.70. The van der Waals surface area contributed by atoms with E-state index < -0.39 is 0 Å². The molecule has 1 atom stereocenters. The molecule has 0 aliphatic rings. The number of carbonyl (C=O) groups is 1. The topological polar surface area (TPSA) is 64.3 Å². The Hall–Kier alpha value is -2.20. The van der Waals surface area contributed by atoms with Gasteiger partial charge in [0.05, 0.1) is 29.4 Å². The van der Waals surface area contributed by atoms with Gasteiger partial charge in [-0.3, -0.25) is 4.79 Å². The summed E-state index contributed by atoms with van der Waals surface area (Å²) in [6.45, 7) is 1.90. The molecule has 1 amide bonds. The second-order valence-electron chi connectivity index (χ2n) is 4.68. The Morgan fingerprint density at radius 3 is 2.52 bits per heavy atom. The molecule has 110 valence electrons. The van der Waals surface area contributed by atoms with Crippen molar-refractivity contribution in [3.63, 3.8) is 0 Å². The summed E-state index contributed by atoms with van der Waals surface area (Å²) in [5.74, 6) is 0.520. The van der Waals surface area contributed by atoms with Crippen LogP contribution >= 0.6 is 11.6 Å². The molecule has 0 aromatic heterocycles. The Morgan fingerprint density at radius 1 is 1.24 bits per heavy atom. The Labute approximate surface area is 128 Å². The Morgan fingerprint density at radius 2 is 1.90 bits per heavy atom. The van der Waals surface area contributed by atoms with Crippen LogP contribution in [0.1, 0.15) is 28.9 Å². The van der Waals surface area contributed by atoms with E-state index in [1.807, 2.05) is 31.2 Å². The van der Waals surface area contributed by atoms with Gasteiger partial charge in [-0.15, -0.1) is 0 Å². The fourth-order valence-electron chi connectivity index (χ4n) is 1.98. The van der Waals surface area contributed by atoms with Crippen LogP contribution in [0.5, 0.6) is 5.75 Å². The number of hydrogen-bond acceptors (Lipinski definition) is 3.